The average Bonchev–Trinajstić information content (AvgIpc) is 2.37. The number of carbonyl (C=O) groups is 1. The number of aliphatic hydroxyl groups is 1. The summed E-state index contributed by atoms with van der Waals surface area (Å²) in [4.78, 5) is 11.6. The lowest BCUT2D eigenvalue weighted by Gasteiger charge is -2.09. The van der Waals surface area contributed by atoms with E-state index in [1.54, 1.807) is 24.3 Å². The zero-order valence-corrected chi connectivity index (χ0v) is 10.7. The molecule has 0 bridgehead atoms. The summed E-state index contributed by atoms with van der Waals surface area (Å²) in [7, 11) is 0. The summed E-state index contributed by atoms with van der Waals surface area (Å²) in [5, 5.41) is 21.2. The Morgan fingerprint density at radius 2 is 2.11 bits per heavy atom. The van der Waals surface area contributed by atoms with Crippen LogP contribution in [0.5, 0.6) is 5.75 Å². The van der Waals surface area contributed by atoms with Crippen molar-refractivity contribution in [3.63, 3.8) is 0 Å². The number of aliphatic hydroxyl groups excluding tert-OH is 1. The van der Waals surface area contributed by atoms with Gasteiger partial charge in [0.05, 0.1) is 6.42 Å². The number of aromatic hydroxyl groups is 1. The minimum Gasteiger partial charge on any atom is -0.508 e. The van der Waals surface area contributed by atoms with Gasteiger partial charge in [0.1, 0.15) is 5.75 Å². The molecule has 100 valence electrons. The van der Waals surface area contributed by atoms with Gasteiger partial charge in [-0.1, -0.05) is 25.1 Å². The second-order valence-electron chi connectivity index (χ2n) is 4.59. The fourth-order valence-electron chi connectivity index (χ4n) is 1.67. The fourth-order valence-corrected chi connectivity index (χ4v) is 1.67. The largest absolute Gasteiger partial charge is 0.508 e. The summed E-state index contributed by atoms with van der Waals surface area (Å²) in [6, 6.07) is 6.84. The van der Waals surface area contributed by atoms with Crippen LogP contribution in [0.2, 0.25) is 0 Å². The van der Waals surface area contributed by atoms with Gasteiger partial charge < -0.3 is 15.5 Å². The molecule has 3 N–H and O–H groups in total. The monoisotopic (exact) mass is 251 g/mol. The van der Waals surface area contributed by atoms with Crippen molar-refractivity contribution in [3.05, 3.63) is 29.8 Å². The maximum atomic E-state index is 11.6. The van der Waals surface area contributed by atoms with E-state index in [0.29, 0.717) is 12.1 Å². The van der Waals surface area contributed by atoms with Crippen LogP contribution in [0, 0.1) is 5.92 Å². The van der Waals surface area contributed by atoms with E-state index in [2.05, 4.69) is 5.32 Å². The summed E-state index contributed by atoms with van der Waals surface area (Å²) in [5.74, 6) is 0.342. The number of para-hydroxylation sites is 1. The minimum absolute atomic E-state index is 0.0897. The van der Waals surface area contributed by atoms with Gasteiger partial charge in [-0.15, -0.1) is 0 Å². The van der Waals surface area contributed by atoms with Crippen LogP contribution in [0.25, 0.3) is 0 Å². The molecule has 0 aliphatic heterocycles. The third kappa shape index (κ3) is 5.19. The first-order valence-electron chi connectivity index (χ1n) is 6.28. The normalized spacial score (nSPS) is 12.1. The van der Waals surface area contributed by atoms with Crippen molar-refractivity contribution in [2.45, 2.75) is 26.2 Å². The van der Waals surface area contributed by atoms with Crippen LogP contribution in [-0.4, -0.2) is 29.3 Å². The smallest absolute Gasteiger partial charge is 0.224 e. The van der Waals surface area contributed by atoms with E-state index in [1.807, 2.05) is 6.92 Å². The Kier molecular flexibility index (Phi) is 6.22. The number of benzene rings is 1. The van der Waals surface area contributed by atoms with Gasteiger partial charge in [-0.3, -0.25) is 4.79 Å². The SMILES string of the molecule is CC(CO)CCCNC(=O)Cc1ccccc1O. The molecule has 1 aromatic carbocycles. The number of nitrogens with one attached hydrogen (secondary N) is 1. The van der Waals surface area contributed by atoms with Gasteiger partial charge in [0.25, 0.3) is 0 Å². The van der Waals surface area contributed by atoms with Crippen molar-refractivity contribution in [3.8, 4) is 5.75 Å². The highest BCUT2D eigenvalue weighted by Gasteiger charge is 2.06. The highest BCUT2D eigenvalue weighted by molar-refractivity contribution is 5.79. The highest BCUT2D eigenvalue weighted by atomic mass is 16.3. The predicted molar refractivity (Wildman–Crippen MR) is 70.3 cm³/mol. The number of phenolic OH excluding ortho intramolecular Hbond substituents is 1. The van der Waals surface area contributed by atoms with Crippen LogP contribution in [-0.2, 0) is 11.2 Å². The van der Waals surface area contributed by atoms with E-state index in [0.717, 1.165) is 12.8 Å². The Morgan fingerprint density at radius 3 is 2.78 bits per heavy atom. The Labute approximate surface area is 108 Å². The molecule has 1 aromatic rings. The predicted octanol–water partition coefficient (Wildman–Crippen LogP) is 1.46. The van der Waals surface area contributed by atoms with Crippen LogP contribution in [0.15, 0.2) is 24.3 Å². The number of rotatable bonds is 7. The highest BCUT2D eigenvalue weighted by Crippen LogP contribution is 2.15. The number of phenols is 1. The molecule has 18 heavy (non-hydrogen) atoms. The van der Waals surface area contributed by atoms with Gasteiger partial charge in [-0.05, 0) is 24.8 Å². The number of hydrogen-bond donors (Lipinski definition) is 3. The van der Waals surface area contributed by atoms with Crippen LogP contribution in [0.3, 0.4) is 0 Å². The number of carbonyl (C=O) groups excluding carboxylic acids is 1. The van der Waals surface area contributed by atoms with Crippen LogP contribution >= 0.6 is 0 Å². The van der Waals surface area contributed by atoms with Gasteiger partial charge in [0.2, 0.25) is 5.91 Å². The summed E-state index contributed by atoms with van der Waals surface area (Å²) < 4.78 is 0. The summed E-state index contributed by atoms with van der Waals surface area (Å²) in [6.07, 6.45) is 1.95. The molecule has 0 heterocycles. The summed E-state index contributed by atoms with van der Waals surface area (Å²) >= 11 is 0. The first-order valence-corrected chi connectivity index (χ1v) is 6.28. The van der Waals surface area contributed by atoms with Gasteiger partial charge in [0.15, 0.2) is 0 Å². The topological polar surface area (TPSA) is 69.6 Å². The molecule has 1 rings (SSSR count). The van der Waals surface area contributed by atoms with Crippen LogP contribution < -0.4 is 5.32 Å². The molecule has 4 heteroatoms. The lowest BCUT2D eigenvalue weighted by Crippen LogP contribution is -2.26. The van der Waals surface area contributed by atoms with E-state index in [-0.39, 0.29) is 30.6 Å². The molecule has 1 unspecified atom stereocenters. The third-order valence-corrected chi connectivity index (χ3v) is 2.85. The molecule has 0 spiro atoms. The van der Waals surface area contributed by atoms with Crippen LogP contribution in [0.1, 0.15) is 25.3 Å². The zero-order valence-electron chi connectivity index (χ0n) is 10.7. The molecule has 0 saturated heterocycles. The standard InChI is InChI=1S/C14H21NO3/c1-11(10-16)5-4-8-15-14(18)9-12-6-2-3-7-13(12)17/h2-3,6-7,11,16-17H,4-5,8-10H2,1H3,(H,15,18). The molecule has 0 aliphatic rings. The summed E-state index contributed by atoms with van der Waals surface area (Å²) in [5.41, 5.74) is 0.638. The van der Waals surface area contributed by atoms with Gasteiger partial charge >= 0.3 is 0 Å². The Morgan fingerprint density at radius 1 is 1.39 bits per heavy atom. The van der Waals surface area contributed by atoms with E-state index < -0.39 is 0 Å². The van der Waals surface area contributed by atoms with Gasteiger partial charge in [0, 0.05) is 18.7 Å². The molecule has 0 aliphatic carbocycles. The zero-order chi connectivity index (χ0) is 13.4. The minimum atomic E-state index is -0.0897. The second-order valence-corrected chi connectivity index (χ2v) is 4.59. The number of hydrogen-bond acceptors (Lipinski definition) is 3. The van der Waals surface area contributed by atoms with E-state index in [1.165, 1.54) is 0 Å². The lowest BCUT2D eigenvalue weighted by atomic mass is 10.1. The molecule has 1 amide bonds. The second kappa shape index (κ2) is 7.71. The quantitative estimate of drug-likeness (QED) is 0.643. The van der Waals surface area contributed by atoms with Crippen molar-refractivity contribution < 1.29 is 15.0 Å². The molecule has 1 atom stereocenters. The molecular weight excluding hydrogens is 230 g/mol. The number of amides is 1. The first kappa shape index (κ1) is 14.5. The maximum absolute atomic E-state index is 11.6. The molecule has 4 nitrogen and oxygen atoms in total. The Bertz CT molecular complexity index is 379. The van der Waals surface area contributed by atoms with Crippen molar-refractivity contribution in [1.29, 1.82) is 0 Å². The van der Waals surface area contributed by atoms with E-state index >= 15 is 0 Å². The van der Waals surface area contributed by atoms with Crippen molar-refractivity contribution >= 4 is 5.91 Å². The van der Waals surface area contributed by atoms with Crippen molar-refractivity contribution in [2.24, 2.45) is 5.92 Å². The molecule has 0 aromatic heterocycles. The van der Waals surface area contributed by atoms with Gasteiger partial charge in [-0.25, -0.2) is 0 Å². The molecule has 0 fully saturated rings. The molecular formula is C14H21NO3. The van der Waals surface area contributed by atoms with E-state index in [9.17, 15) is 9.90 Å². The lowest BCUT2D eigenvalue weighted by molar-refractivity contribution is -0.120. The Balaban J connectivity index is 2.24. The fraction of sp³-hybridized carbons (Fsp3) is 0.500. The van der Waals surface area contributed by atoms with Crippen molar-refractivity contribution in [2.75, 3.05) is 13.2 Å². The maximum Gasteiger partial charge on any atom is 0.224 e. The van der Waals surface area contributed by atoms with Crippen LogP contribution in [0.4, 0.5) is 0 Å². The first-order chi connectivity index (χ1) is 8.63. The van der Waals surface area contributed by atoms with Crippen molar-refractivity contribution in [1.82, 2.24) is 5.32 Å². The third-order valence-electron chi connectivity index (χ3n) is 2.85. The Hall–Kier alpha value is -1.55. The molecule has 0 radical (unpaired) electrons. The average molecular weight is 251 g/mol. The molecule has 0 saturated carbocycles. The summed E-state index contributed by atoms with van der Waals surface area (Å²) in [6.45, 7) is 2.77. The van der Waals surface area contributed by atoms with E-state index in [4.69, 9.17) is 5.11 Å². The van der Waals surface area contributed by atoms with Gasteiger partial charge in [-0.2, -0.15) is 0 Å².